The summed E-state index contributed by atoms with van der Waals surface area (Å²) < 4.78 is 0. The van der Waals surface area contributed by atoms with Gasteiger partial charge in [-0.2, -0.15) is 0 Å². The zero-order valence-corrected chi connectivity index (χ0v) is 10.8. The number of aryl methyl sites for hydroxylation is 1. The molecule has 20 heavy (non-hydrogen) atoms. The predicted octanol–water partition coefficient (Wildman–Crippen LogP) is 3.19. The Morgan fingerprint density at radius 2 is 2.00 bits per heavy atom. The first-order valence-electron chi connectivity index (χ1n) is 5.96. The molecule has 0 saturated carbocycles. The molecule has 100 valence electrons. The Balaban J connectivity index is 2.23. The van der Waals surface area contributed by atoms with Crippen LogP contribution in [0.3, 0.4) is 0 Å². The first-order valence-corrected chi connectivity index (χ1v) is 5.96. The van der Waals surface area contributed by atoms with Gasteiger partial charge in [-0.15, -0.1) is 0 Å². The van der Waals surface area contributed by atoms with Crippen molar-refractivity contribution in [2.75, 3.05) is 0 Å². The van der Waals surface area contributed by atoms with Gasteiger partial charge in [0.25, 0.3) is 5.69 Å². The number of nitrogens with zero attached hydrogens (tertiary/aromatic N) is 2. The number of pyridine rings is 1. The maximum Gasteiger partial charge on any atom is 0.276 e. The lowest BCUT2D eigenvalue weighted by Gasteiger charge is -1.97. The number of nitro benzene ring substituents is 1. The van der Waals surface area contributed by atoms with Gasteiger partial charge in [-0.3, -0.25) is 19.9 Å². The summed E-state index contributed by atoms with van der Waals surface area (Å²) >= 11 is 0. The van der Waals surface area contributed by atoms with Gasteiger partial charge in [-0.1, -0.05) is 12.1 Å². The molecule has 0 aliphatic heterocycles. The molecule has 0 aliphatic rings. The molecular weight excluding hydrogens is 256 g/mol. The molecule has 0 aliphatic carbocycles. The number of carbonyl (C=O) groups excluding carboxylic acids is 1. The summed E-state index contributed by atoms with van der Waals surface area (Å²) in [5, 5.41) is 10.9. The van der Waals surface area contributed by atoms with Crippen LogP contribution in [0.15, 0.2) is 48.7 Å². The number of nitro groups is 1. The van der Waals surface area contributed by atoms with Crippen molar-refractivity contribution >= 4 is 17.5 Å². The van der Waals surface area contributed by atoms with Gasteiger partial charge >= 0.3 is 0 Å². The van der Waals surface area contributed by atoms with Crippen LogP contribution in [-0.2, 0) is 0 Å². The molecule has 5 nitrogen and oxygen atoms in total. The van der Waals surface area contributed by atoms with Crippen molar-refractivity contribution in [1.29, 1.82) is 0 Å². The van der Waals surface area contributed by atoms with Gasteiger partial charge in [-0.05, 0) is 37.3 Å². The van der Waals surface area contributed by atoms with E-state index in [0.29, 0.717) is 11.1 Å². The molecule has 2 aromatic rings. The van der Waals surface area contributed by atoms with E-state index in [0.717, 1.165) is 5.69 Å². The van der Waals surface area contributed by atoms with Crippen LogP contribution in [-0.4, -0.2) is 15.7 Å². The Labute approximate surface area is 115 Å². The van der Waals surface area contributed by atoms with Crippen LogP contribution >= 0.6 is 0 Å². The second-order valence-electron chi connectivity index (χ2n) is 4.20. The summed E-state index contributed by atoms with van der Waals surface area (Å²) in [4.78, 5) is 26.3. The number of hydrogen-bond donors (Lipinski definition) is 0. The minimum absolute atomic E-state index is 0.0291. The highest BCUT2D eigenvalue weighted by molar-refractivity contribution is 6.06. The molecular formula is C15H12N2O3. The number of ketones is 1. The van der Waals surface area contributed by atoms with Crippen molar-refractivity contribution in [3.05, 3.63) is 75.6 Å². The second-order valence-corrected chi connectivity index (χ2v) is 4.20. The molecule has 0 amide bonds. The van der Waals surface area contributed by atoms with Crippen LogP contribution in [0, 0.1) is 17.0 Å². The van der Waals surface area contributed by atoms with Crippen molar-refractivity contribution in [3.8, 4) is 0 Å². The van der Waals surface area contributed by atoms with Crippen LogP contribution in [0.5, 0.6) is 0 Å². The molecule has 1 aromatic heterocycles. The number of aromatic nitrogens is 1. The van der Waals surface area contributed by atoms with E-state index in [1.54, 1.807) is 30.3 Å². The predicted molar refractivity (Wildman–Crippen MR) is 75.4 cm³/mol. The van der Waals surface area contributed by atoms with Gasteiger partial charge in [0.1, 0.15) is 0 Å². The third-order valence-electron chi connectivity index (χ3n) is 2.74. The number of benzene rings is 1. The Bertz CT molecular complexity index is 676. The monoisotopic (exact) mass is 268 g/mol. The van der Waals surface area contributed by atoms with Crippen molar-refractivity contribution in [2.45, 2.75) is 6.92 Å². The highest BCUT2D eigenvalue weighted by Gasteiger charge is 2.10. The summed E-state index contributed by atoms with van der Waals surface area (Å²) in [6.07, 6.45) is 4.25. The molecule has 0 N–H and O–H groups in total. The molecule has 0 fully saturated rings. The van der Waals surface area contributed by atoms with Crippen molar-refractivity contribution in [2.24, 2.45) is 0 Å². The molecule has 1 heterocycles. The second kappa shape index (κ2) is 5.88. The minimum Gasteiger partial charge on any atom is -0.289 e. The van der Waals surface area contributed by atoms with Crippen molar-refractivity contribution in [1.82, 2.24) is 4.98 Å². The number of hydrogen-bond acceptors (Lipinski definition) is 4. The topological polar surface area (TPSA) is 73.1 Å². The Morgan fingerprint density at radius 1 is 1.25 bits per heavy atom. The van der Waals surface area contributed by atoms with Gasteiger partial charge in [0, 0.05) is 23.5 Å². The highest BCUT2D eigenvalue weighted by Crippen LogP contribution is 2.19. The van der Waals surface area contributed by atoms with Gasteiger partial charge < -0.3 is 0 Å². The summed E-state index contributed by atoms with van der Waals surface area (Å²) in [5.74, 6) is -0.240. The van der Waals surface area contributed by atoms with Crippen LogP contribution in [0.25, 0.3) is 6.08 Å². The Morgan fingerprint density at radius 3 is 2.65 bits per heavy atom. The van der Waals surface area contributed by atoms with E-state index in [-0.39, 0.29) is 11.5 Å². The average Bonchev–Trinajstić information content (AvgIpc) is 2.45. The third-order valence-corrected chi connectivity index (χ3v) is 2.74. The van der Waals surface area contributed by atoms with E-state index >= 15 is 0 Å². The lowest BCUT2D eigenvalue weighted by molar-refractivity contribution is -0.385. The van der Waals surface area contributed by atoms with E-state index in [9.17, 15) is 14.9 Å². The Kier molecular flexibility index (Phi) is 4.00. The average molecular weight is 268 g/mol. The fraction of sp³-hybridized carbons (Fsp3) is 0.0667. The first-order chi connectivity index (χ1) is 9.58. The number of para-hydroxylation sites is 1. The van der Waals surface area contributed by atoms with Crippen LogP contribution in [0.4, 0.5) is 5.69 Å². The zero-order valence-electron chi connectivity index (χ0n) is 10.8. The number of allylic oxidation sites excluding steroid dienone is 1. The molecule has 5 heteroatoms. The van der Waals surface area contributed by atoms with E-state index in [1.807, 2.05) is 6.92 Å². The van der Waals surface area contributed by atoms with E-state index in [4.69, 9.17) is 0 Å². The van der Waals surface area contributed by atoms with E-state index < -0.39 is 4.92 Å². The quantitative estimate of drug-likeness (QED) is 0.369. The summed E-state index contributed by atoms with van der Waals surface area (Å²) in [6.45, 7) is 1.83. The standard InChI is InChI=1S/C15H12N2O3/c1-11-6-7-13(10-16-11)15(18)9-8-12-4-2-3-5-14(12)17(19)20/h2-10H,1H3/b9-8+. The minimum atomic E-state index is -0.475. The molecule has 0 spiro atoms. The zero-order chi connectivity index (χ0) is 14.5. The highest BCUT2D eigenvalue weighted by atomic mass is 16.6. The van der Waals surface area contributed by atoms with E-state index in [1.165, 1.54) is 24.4 Å². The van der Waals surface area contributed by atoms with Gasteiger partial charge in [0.05, 0.1) is 10.5 Å². The fourth-order valence-electron chi connectivity index (χ4n) is 1.67. The summed E-state index contributed by atoms with van der Waals surface area (Å²) in [6, 6.07) is 9.68. The number of carbonyl (C=O) groups is 1. The van der Waals surface area contributed by atoms with Gasteiger partial charge in [-0.25, -0.2) is 0 Å². The smallest absolute Gasteiger partial charge is 0.276 e. The Hall–Kier alpha value is -2.82. The van der Waals surface area contributed by atoms with Crippen molar-refractivity contribution < 1.29 is 9.72 Å². The largest absolute Gasteiger partial charge is 0.289 e. The van der Waals surface area contributed by atoms with E-state index in [2.05, 4.69) is 4.98 Å². The molecule has 0 radical (unpaired) electrons. The number of rotatable bonds is 4. The maximum atomic E-state index is 11.9. The van der Waals surface area contributed by atoms with Crippen molar-refractivity contribution in [3.63, 3.8) is 0 Å². The van der Waals surface area contributed by atoms with Crippen LogP contribution in [0.2, 0.25) is 0 Å². The summed E-state index contributed by atoms with van der Waals surface area (Å²) in [5.41, 5.74) is 1.64. The molecule has 0 saturated heterocycles. The SMILES string of the molecule is Cc1ccc(C(=O)/C=C/c2ccccc2[N+](=O)[O-])cn1. The molecule has 0 unspecified atom stereocenters. The molecule has 0 bridgehead atoms. The molecule has 1 aromatic carbocycles. The molecule has 2 rings (SSSR count). The van der Waals surface area contributed by atoms with Gasteiger partial charge in [0.15, 0.2) is 5.78 Å². The van der Waals surface area contributed by atoms with Gasteiger partial charge in [0.2, 0.25) is 0 Å². The lowest BCUT2D eigenvalue weighted by Crippen LogP contribution is -1.96. The van der Waals surface area contributed by atoms with Crippen LogP contribution in [0.1, 0.15) is 21.6 Å². The first kappa shape index (κ1) is 13.6. The lowest BCUT2D eigenvalue weighted by atomic mass is 10.1. The summed E-state index contributed by atoms with van der Waals surface area (Å²) in [7, 11) is 0. The third kappa shape index (κ3) is 3.14. The fourth-order valence-corrected chi connectivity index (χ4v) is 1.67. The normalized spacial score (nSPS) is 10.7. The molecule has 0 atom stereocenters. The van der Waals surface area contributed by atoms with Crippen LogP contribution < -0.4 is 0 Å². The maximum absolute atomic E-state index is 11.9.